The maximum atomic E-state index is 13.3. The van der Waals surface area contributed by atoms with Gasteiger partial charge in [-0.05, 0) is 50.1 Å². The van der Waals surface area contributed by atoms with Crippen LogP contribution in [0.15, 0.2) is 53.4 Å². The number of benzene rings is 2. The molecule has 5 heteroatoms. The lowest BCUT2D eigenvalue weighted by Crippen LogP contribution is -2.40. The standard InChI is InChI=1S/C20H23NO3S/c1-5-19(16-7-6-8-17(13-16)24-4)20(3,14-21)25(22,23)18-11-9-15(2)10-12-18/h6-13,19H,5H2,1-4H3. The van der Waals surface area contributed by atoms with Gasteiger partial charge in [0.2, 0.25) is 0 Å². The molecule has 132 valence electrons. The summed E-state index contributed by atoms with van der Waals surface area (Å²) in [6.07, 6.45) is 0.516. The van der Waals surface area contributed by atoms with Crippen molar-refractivity contribution in [3.05, 3.63) is 59.7 Å². The van der Waals surface area contributed by atoms with Gasteiger partial charge in [0, 0.05) is 5.92 Å². The van der Waals surface area contributed by atoms with E-state index in [0.717, 1.165) is 11.1 Å². The molecule has 25 heavy (non-hydrogen) atoms. The van der Waals surface area contributed by atoms with Crippen molar-refractivity contribution in [2.75, 3.05) is 7.11 Å². The van der Waals surface area contributed by atoms with Crippen LogP contribution in [0.2, 0.25) is 0 Å². The Balaban J connectivity index is 2.60. The fourth-order valence-corrected chi connectivity index (χ4v) is 4.87. The van der Waals surface area contributed by atoms with Gasteiger partial charge in [-0.2, -0.15) is 5.26 Å². The van der Waals surface area contributed by atoms with Crippen LogP contribution < -0.4 is 4.74 Å². The Labute approximate surface area is 150 Å². The summed E-state index contributed by atoms with van der Waals surface area (Å²) in [5.74, 6) is 0.169. The number of rotatable bonds is 6. The highest BCUT2D eigenvalue weighted by Crippen LogP contribution is 2.41. The lowest BCUT2D eigenvalue weighted by Gasteiger charge is -2.31. The normalized spacial score (nSPS) is 15.0. The predicted molar refractivity (Wildman–Crippen MR) is 98.4 cm³/mol. The molecule has 0 fully saturated rings. The Kier molecular flexibility index (Phi) is 5.54. The first-order valence-electron chi connectivity index (χ1n) is 8.16. The minimum atomic E-state index is -3.85. The van der Waals surface area contributed by atoms with Gasteiger partial charge >= 0.3 is 0 Å². The van der Waals surface area contributed by atoms with Crippen LogP contribution in [0.5, 0.6) is 5.75 Å². The zero-order valence-electron chi connectivity index (χ0n) is 15.0. The second-order valence-corrected chi connectivity index (χ2v) is 8.60. The molecule has 4 nitrogen and oxygen atoms in total. The molecule has 0 aliphatic rings. The monoisotopic (exact) mass is 357 g/mol. The van der Waals surface area contributed by atoms with E-state index in [4.69, 9.17) is 4.74 Å². The van der Waals surface area contributed by atoms with Crippen molar-refractivity contribution in [3.8, 4) is 11.8 Å². The predicted octanol–water partition coefficient (Wildman–Crippen LogP) is 4.25. The van der Waals surface area contributed by atoms with Crippen molar-refractivity contribution >= 4 is 9.84 Å². The Morgan fingerprint density at radius 1 is 1.20 bits per heavy atom. The van der Waals surface area contributed by atoms with Gasteiger partial charge in [0.25, 0.3) is 0 Å². The first-order chi connectivity index (χ1) is 11.8. The van der Waals surface area contributed by atoms with Crippen LogP contribution in [0.25, 0.3) is 0 Å². The van der Waals surface area contributed by atoms with Crippen LogP contribution >= 0.6 is 0 Å². The summed E-state index contributed by atoms with van der Waals surface area (Å²) in [6.45, 7) is 5.30. The Bertz CT molecular complexity index is 882. The molecule has 2 aromatic rings. The maximum Gasteiger partial charge on any atom is 0.197 e. The van der Waals surface area contributed by atoms with Crippen LogP contribution in [0.1, 0.15) is 37.3 Å². The molecule has 2 aromatic carbocycles. The number of nitriles is 1. The van der Waals surface area contributed by atoms with Gasteiger partial charge in [-0.3, -0.25) is 0 Å². The van der Waals surface area contributed by atoms with E-state index in [9.17, 15) is 13.7 Å². The Morgan fingerprint density at radius 2 is 1.84 bits per heavy atom. The van der Waals surface area contributed by atoms with Gasteiger partial charge in [-0.25, -0.2) is 8.42 Å². The molecule has 0 radical (unpaired) electrons. The molecule has 0 saturated heterocycles. The summed E-state index contributed by atoms with van der Waals surface area (Å²) in [6, 6.07) is 16.0. The highest BCUT2D eigenvalue weighted by atomic mass is 32.2. The first-order valence-corrected chi connectivity index (χ1v) is 9.65. The van der Waals surface area contributed by atoms with Crippen molar-refractivity contribution < 1.29 is 13.2 Å². The number of nitrogens with zero attached hydrogens (tertiary/aromatic N) is 1. The topological polar surface area (TPSA) is 67.2 Å². The lowest BCUT2D eigenvalue weighted by atomic mass is 9.85. The number of sulfone groups is 1. The molecule has 0 N–H and O–H groups in total. The number of hydrogen-bond acceptors (Lipinski definition) is 4. The number of hydrogen-bond donors (Lipinski definition) is 0. The molecular formula is C20H23NO3S. The lowest BCUT2D eigenvalue weighted by molar-refractivity contribution is 0.413. The minimum absolute atomic E-state index is 0.170. The number of aryl methyl sites for hydroxylation is 1. The van der Waals surface area contributed by atoms with E-state index in [1.54, 1.807) is 43.5 Å². The van der Waals surface area contributed by atoms with E-state index in [-0.39, 0.29) is 4.90 Å². The molecule has 0 aliphatic carbocycles. The number of methoxy groups -OCH3 is 1. The van der Waals surface area contributed by atoms with Gasteiger partial charge in [-0.1, -0.05) is 36.8 Å². The molecule has 0 saturated carbocycles. The quantitative estimate of drug-likeness (QED) is 0.775. The smallest absolute Gasteiger partial charge is 0.197 e. The molecule has 0 bridgehead atoms. The van der Waals surface area contributed by atoms with E-state index < -0.39 is 20.5 Å². The van der Waals surface area contributed by atoms with Crippen molar-refractivity contribution in [1.29, 1.82) is 5.26 Å². The van der Waals surface area contributed by atoms with Crippen LogP contribution in [-0.2, 0) is 9.84 Å². The molecule has 0 amide bonds. The van der Waals surface area contributed by atoms with Crippen LogP contribution in [0, 0.1) is 18.3 Å². The summed E-state index contributed by atoms with van der Waals surface area (Å²) >= 11 is 0. The van der Waals surface area contributed by atoms with Crippen LogP contribution in [-0.4, -0.2) is 20.3 Å². The fraction of sp³-hybridized carbons (Fsp3) is 0.350. The minimum Gasteiger partial charge on any atom is -0.497 e. The molecule has 2 unspecified atom stereocenters. The maximum absolute atomic E-state index is 13.3. The Morgan fingerprint density at radius 3 is 2.36 bits per heavy atom. The van der Waals surface area contributed by atoms with Gasteiger partial charge in [-0.15, -0.1) is 0 Å². The number of ether oxygens (including phenoxy) is 1. The third-order valence-corrected chi connectivity index (χ3v) is 7.07. The van der Waals surface area contributed by atoms with Crippen molar-refractivity contribution in [1.82, 2.24) is 0 Å². The SMILES string of the molecule is CCC(c1cccc(OC)c1)C(C)(C#N)S(=O)(=O)c1ccc(C)cc1. The average Bonchev–Trinajstić information content (AvgIpc) is 2.62. The third kappa shape index (κ3) is 3.40. The molecule has 0 aliphatic heterocycles. The molecule has 2 rings (SSSR count). The summed E-state index contributed by atoms with van der Waals surface area (Å²) in [7, 11) is -2.29. The van der Waals surface area contributed by atoms with E-state index in [2.05, 4.69) is 6.07 Å². The molecule has 0 heterocycles. The second-order valence-electron chi connectivity index (χ2n) is 6.27. The zero-order valence-corrected chi connectivity index (χ0v) is 15.8. The van der Waals surface area contributed by atoms with Gasteiger partial charge in [0.15, 0.2) is 14.6 Å². The van der Waals surface area contributed by atoms with Crippen LogP contribution in [0.4, 0.5) is 0 Å². The summed E-state index contributed by atoms with van der Waals surface area (Å²) in [5.41, 5.74) is 1.75. The largest absolute Gasteiger partial charge is 0.497 e. The van der Waals surface area contributed by atoms with E-state index in [0.29, 0.717) is 12.2 Å². The van der Waals surface area contributed by atoms with Crippen molar-refractivity contribution in [2.45, 2.75) is 42.8 Å². The Hall–Kier alpha value is -2.32. The van der Waals surface area contributed by atoms with Crippen molar-refractivity contribution in [3.63, 3.8) is 0 Å². The van der Waals surface area contributed by atoms with E-state index in [1.807, 2.05) is 26.0 Å². The molecule has 0 spiro atoms. The fourth-order valence-electron chi connectivity index (χ4n) is 3.09. The zero-order chi connectivity index (χ0) is 18.7. The highest BCUT2D eigenvalue weighted by Gasteiger charge is 2.47. The summed E-state index contributed by atoms with van der Waals surface area (Å²) < 4.78 is 30.2. The average molecular weight is 357 g/mol. The van der Waals surface area contributed by atoms with Gasteiger partial charge in [0.05, 0.1) is 18.1 Å². The first kappa shape index (κ1) is 19.0. The van der Waals surface area contributed by atoms with Gasteiger partial charge < -0.3 is 4.74 Å². The summed E-state index contributed by atoms with van der Waals surface area (Å²) in [5, 5.41) is 9.87. The van der Waals surface area contributed by atoms with Gasteiger partial charge in [0.1, 0.15) is 5.75 Å². The second kappa shape index (κ2) is 7.28. The molecule has 0 aromatic heterocycles. The van der Waals surface area contributed by atoms with Crippen LogP contribution in [0.3, 0.4) is 0 Å². The molecular weight excluding hydrogens is 334 g/mol. The summed E-state index contributed by atoms with van der Waals surface area (Å²) in [4.78, 5) is 0.170. The van der Waals surface area contributed by atoms with E-state index >= 15 is 0 Å². The third-order valence-electron chi connectivity index (χ3n) is 4.68. The van der Waals surface area contributed by atoms with Crippen molar-refractivity contribution in [2.24, 2.45) is 0 Å². The van der Waals surface area contributed by atoms with E-state index in [1.165, 1.54) is 6.92 Å². The highest BCUT2D eigenvalue weighted by molar-refractivity contribution is 7.93. The molecule has 2 atom stereocenters.